The van der Waals surface area contributed by atoms with Crippen LogP contribution in [0.4, 0.5) is 0 Å². The van der Waals surface area contributed by atoms with Crippen LogP contribution in [0.15, 0.2) is 18.3 Å². The number of piperidine rings is 1. The molecule has 2 aromatic rings. The second kappa shape index (κ2) is 6.57. The van der Waals surface area contributed by atoms with Crippen molar-refractivity contribution in [2.75, 3.05) is 33.2 Å². The molecular weight excluding hydrogens is 286 g/mol. The minimum atomic E-state index is 0.739. The van der Waals surface area contributed by atoms with Crippen molar-refractivity contribution < 1.29 is 0 Å². The van der Waals surface area contributed by atoms with Crippen molar-refractivity contribution in [3.8, 4) is 0 Å². The van der Waals surface area contributed by atoms with E-state index in [0.717, 1.165) is 49.1 Å². The van der Waals surface area contributed by atoms with Gasteiger partial charge in [0.05, 0.1) is 0 Å². The van der Waals surface area contributed by atoms with Crippen molar-refractivity contribution in [3.05, 3.63) is 24.2 Å². The first-order chi connectivity index (χ1) is 11.3. The van der Waals surface area contributed by atoms with Gasteiger partial charge >= 0.3 is 0 Å². The molecule has 23 heavy (non-hydrogen) atoms. The van der Waals surface area contributed by atoms with Crippen LogP contribution in [0.1, 0.15) is 25.1 Å². The summed E-state index contributed by atoms with van der Waals surface area (Å²) in [5, 5.41) is 3.46. The highest BCUT2D eigenvalue weighted by molar-refractivity contribution is 5.71. The molecule has 5 nitrogen and oxygen atoms in total. The summed E-state index contributed by atoms with van der Waals surface area (Å²) in [6.45, 7) is 5.79. The smallest absolute Gasteiger partial charge is 0.159 e. The van der Waals surface area contributed by atoms with Crippen LogP contribution >= 0.6 is 0 Å². The van der Waals surface area contributed by atoms with Gasteiger partial charge in [0.1, 0.15) is 11.3 Å². The SMILES string of the molecule is CN1CCC(Cc2nc3cccnc3n2CC2CCNCC2)C1. The lowest BCUT2D eigenvalue weighted by molar-refractivity contribution is 0.329. The molecule has 4 heterocycles. The highest BCUT2D eigenvalue weighted by Gasteiger charge is 2.24. The monoisotopic (exact) mass is 313 g/mol. The van der Waals surface area contributed by atoms with Crippen LogP contribution in [-0.2, 0) is 13.0 Å². The molecule has 2 fully saturated rings. The number of nitrogens with zero attached hydrogens (tertiary/aromatic N) is 4. The Labute approximate surface area is 138 Å². The van der Waals surface area contributed by atoms with E-state index in [4.69, 9.17) is 4.98 Å². The molecule has 1 unspecified atom stereocenters. The largest absolute Gasteiger partial charge is 0.317 e. The second-order valence-electron chi connectivity index (χ2n) is 7.30. The quantitative estimate of drug-likeness (QED) is 0.937. The van der Waals surface area contributed by atoms with E-state index >= 15 is 0 Å². The summed E-state index contributed by atoms with van der Waals surface area (Å²) in [5.74, 6) is 2.74. The van der Waals surface area contributed by atoms with Crippen LogP contribution in [-0.4, -0.2) is 52.7 Å². The van der Waals surface area contributed by atoms with Gasteiger partial charge in [-0.3, -0.25) is 0 Å². The van der Waals surface area contributed by atoms with Crippen LogP contribution < -0.4 is 5.32 Å². The van der Waals surface area contributed by atoms with Gasteiger partial charge in [-0.1, -0.05) is 0 Å². The van der Waals surface area contributed by atoms with E-state index in [0.29, 0.717) is 0 Å². The van der Waals surface area contributed by atoms with Gasteiger partial charge in [0.15, 0.2) is 5.65 Å². The van der Waals surface area contributed by atoms with Crippen LogP contribution in [0.5, 0.6) is 0 Å². The average molecular weight is 313 g/mol. The summed E-state index contributed by atoms with van der Waals surface area (Å²) in [7, 11) is 2.22. The molecule has 1 atom stereocenters. The third kappa shape index (κ3) is 3.26. The number of rotatable bonds is 4. The fraction of sp³-hybridized carbons (Fsp3) is 0.667. The van der Waals surface area contributed by atoms with E-state index in [1.165, 1.54) is 38.2 Å². The molecule has 2 aliphatic rings. The van der Waals surface area contributed by atoms with E-state index < -0.39 is 0 Å². The van der Waals surface area contributed by atoms with Crippen molar-refractivity contribution in [3.63, 3.8) is 0 Å². The molecular formula is C18H27N5. The standard InChI is InChI=1S/C18H27N5/c1-22-10-6-15(12-22)11-17-21-16-3-2-7-20-18(16)23(17)13-14-4-8-19-9-5-14/h2-3,7,14-15,19H,4-6,8-13H2,1H3. The van der Waals surface area contributed by atoms with Gasteiger partial charge in [0.25, 0.3) is 0 Å². The van der Waals surface area contributed by atoms with Gasteiger partial charge < -0.3 is 14.8 Å². The van der Waals surface area contributed by atoms with Crippen molar-refractivity contribution in [1.82, 2.24) is 24.8 Å². The number of nitrogens with one attached hydrogen (secondary N) is 1. The van der Waals surface area contributed by atoms with Crippen molar-refractivity contribution >= 4 is 11.2 Å². The van der Waals surface area contributed by atoms with Gasteiger partial charge in [0, 0.05) is 25.7 Å². The molecule has 0 saturated carbocycles. The molecule has 2 aromatic heterocycles. The minimum absolute atomic E-state index is 0.739. The maximum Gasteiger partial charge on any atom is 0.159 e. The number of hydrogen-bond acceptors (Lipinski definition) is 4. The molecule has 124 valence electrons. The Bertz CT molecular complexity index is 658. The lowest BCUT2D eigenvalue weighted by Crippen LogP contribution is -2.30. The van der Waals surface area contributed by atoms with Crippen molar-refractivity contribution in [1.29, 1.82) is 0 Å². The van der Waals surface area contributed by atoms with Crippen molar-refractivity contribution in [2.45, 2.75) is 32.2 Å². The molecule has 0 aromatic carbocycles. The van der Waals surface area contributed by atoms with Gasteiger partial charge in [-0.15, -0.1) is 0 Å². The summed E-state index contributed by atoms with van der Waals surface area (Å²) >= 11 is 0. The average Bonchev–Trinajstić information content (AvgIpc) is 3.13. The summed E-state index contributed by atoms with van der Waals surface area (Å²) in [5.41, 5.74) is 2.13. The topological polar surface area (TPSA) is 46.0 Å². The Morgan fingerprint density at radius 3 is 2.87 bits per heavy atom. The predicted octanol–water partition coefficient (Wildman–Crippen LogP) is 1.93. The zero-order chi connectivity index (χ0) is 15.6. The molecule has 0 radical (unpaired) electrons. The lowest BCUT2D eigenvalue weighted by Gasteiger charge is -2.24. The third-order valence-corrected chi connectivity index (χ3v) is 5.44. The summed E-state index contributed by atoms with van der Waals surface area (Å²) in [6.07, 6.45) is 6.80. The van der Waals surface area contributed by atoms with Gasteiger partial charge in [0.2, 0.25) is 0 Å². The third-order valence-electron chi connectivity index (χ3n) is 5.44. The molecule has 0 amide bonds. The minimum Gasteiger partial charge on any atom is -0.317 e. The van der Waals surface area contributed by atoms with Crippen LogP contribution in [0.25, 0.3) is 11.2 Å². The number of hydrogen-bond donors (Lipinski definition) is 1. The highest BCUT2D eigenvalue weighted by atomic mass is 15.1. The number of pyridine rings is 1. The first-order valence-electron chi connectivity index (χ1n) is 8.99. The number of likely N-dealkylation sites (tertiary alicyclic amines) is 1. The predicted molar refractivity (Wildman–Crippen MR) is 92.4 cm³/mol. The first-order valence-corrected chi connectivity index (χ1v) is 8.99. The normalized spacial score (nSPS) is 23.8. The maximum absolute atomic E-state index is 4.93. The molecule has 0 aliphatic carbocycles. The molecule has 1 N–H and O–H groups in total. The Balaban J connectivity index is 1.61. The van der Waals surface area contributed by atoms with Crippen LogP contribution in [0.2, 0.25) is 0 Å². The Morgan fingerprint density at radius 2 is 2.09 bits per heavy atom. The van der Waals surface area contributed by atoms with E-state index in [1.54, 1.807) is 0 Å². The molecule has 4 rings (SSSR count). The van der Waals surface area contributed by atoms with E-state index in [9.17, 15) is 0 Å². The van der Waals surface area contributed by atoms with Crippen LogP contribution in [0.3, 0.4) is 0 Å². The zero-order valence-corrected chi connectivity index (χ0v) is 14.0. The molecule has 2 saturated heterocycles. The molecule has 0 bridgehead atoms. The molecule has 0 spiro atoms. The lowest BCUT2D eigenvalue weighted by atomic mass is 9.98. The molecule has 2 aliphatic heterocycles. The van der Waals surface area contributed by atoms with E-state index in [2.05, 4.69) is 32.9 Å². The Kier molecular flexibility index (Phi) is 4.31. The Morgan fingerprint density at radius 1 is 1.22 bits per heavy atom. The summed E-state index contributed by atoms with van der Waals surface area (Å²) in [4.78, 5) is 12.0. The summed E-state index contributed by atoms with van der Waals surface area (Å²) < 4.78 is 2.42. The maximum atomic E-state index is 4.93. The number of fused-ring (bicyclic) bond motifs is 1. The van der Waals surface area contributed by atoms with Gasteiger partial charge in [-0.05, 0) is 69.9 Å². The van der Waals surface area contributed by atoms with E-state index in [-0.39, 0.29) is 0 Å². The van der Waals surface area contributed by atoms with Gasteiger partial charge in [-0.25, -0.2) is 9.97 Å². The van der Waals surface area contributed by atoms with Gasteiger partial charge in [-0.2, -0.15) is 0 Å². The highest BCUT2D eigenvalue weighted by Crippen LogP contribution is 2.24. The number of aromatic nitrogens is 3. The first kappa shape index (κ1) is 15.1. The number of imidazole rings is 1. The fourth-order valence-electron chi connectivity index (χ4n) is 4.13. The fourth-order valence-corrected chi connectivity index (χ4v) is 4.13. The summed E-state index contributed by atoms with van der Waals surface area (Å²) in [6, 6.07) is 4.10. The van der Waals surface area contributed by atoms with E-state index in [1.807, 2.05) is 12.3 Å². The second-order valence-corrected chi connectivity index (χ2v) is 7.30. The Hall–Kier alpha value is -1.46. The van der Waals surface area contributed by atoms with Crippen molar-refractivity contribution in [2.24, 2.45) is 11.8 Å². The molecule has 5 heteroatoms. The van der Waals surface area contributed by atoms with Crippen LogP contribution in [0, 0.1) is 11.8 Å². The zero-order valence-electron chi connectivity index (χ0n) is 14.0.